The molecule has 0 saturated heterocycles. The zero-order valence-corrected chi connectivity index (χ0v) is 23.5. The molecule has 0 aliphatic carbocycles. The number of aryl methyl sites for hydroxylation is 1. The standard InChI is InChI=1S/C26H25N.C12H14/c1-5-10-25(26-12-9-8-11-24(26)19-20(4)6-2)23-15-13-22(14-16-23)21(7-3)17-18-27;1-5-11-10(4)7-6-8-12(11)9(2)3/h5-19,27H,1-3H2,4H3;5-8H,1-2H2,3-4H3/b20-19+,21-17+,25-10+,27-18?;. The molecule has 0 aliphatic heterocycles. The molecule has 0 bridgehead atoms. The maximum Gasteiger partial charge on any atom is 0.0183 e. The molecule has 3 aromatic carbocycles. The molecule has 3 aromatic rings. The van der Waals surface area contributed by atoms with Crippen LogP contribution in [0.25, 0.3) is 28.9 Å². The van der Waals surface area contributed by atoms with Crippen LogP contribution in [0.2, 0.25) is 0 Å². The van der Waals surface area contributed by atoms with Gasteiger partial charge in [0, 0.05) is 6.21 Å². The number of hydrogen-bond donors (Lipinski definition) is 1. The number of hydrogen-bond acceptors (Lipinski definition) is 1. The highest BCUT2D eigenvalue weighted by molar-refractivity contribution is 5.89. The van der Waals surface area contributed by atoms with Crippen molar-refractivity contribution >= 4 is 35.1 Å². The van der Waals surface area contributed by atoms with Gasteiger partial charge in [-0.15, -0.1) is 0 Å². The summed E-state index contributed by atoms with van der Waals surface area (Å²) >= 11 is 0. The van der Waals surface area contributed by atoms with E-state index in [9.17, 15) is 0 Å². The lowest BCUT2D eigenvalue weighted by Crippen LogP contribution is -1.93. The van der Waals surface area contributed by atoms with Crippen molar-refractivity contribution in [2.45, 2.75) is 20.8 Å². The first-order valence-electron chi connectivity index (χ1n) is 12.9. The summed E-state index contributed by atoms with van der Waals surface area (Å²) < 4.78 is 0. The van der Waals surface area contributed by atoms with Crippen molar-refractivity contribution in [2.75, 3.05) is 0 Å². The summed E-state index contributed by atoms with van der Waals surface area (Å²) in [5.74, 6) is 0. The van der Waals surface area contributed by atoms with E-state index >= 15 is 0 Å². The Morgan fingerprint density at radius 1 is 0.744 bits per heavy atom. The lowest BCUT2D eigenvalue weighted by atomic mass is 9.91. The average Bonchev–Trinajstić information content (AvgIpc) is 2.95. The van der Waals surface area contributed by atoms with E-state index in [1.54, 1.807) is 12.2 Å². The summed E-state index contributed by atoms with van der Waals surface area (Å²) in [4.78, 5) is 0. The minimum absolute atomic E-state index is 0.927. The maximum absolute atomic E-state index is 7.28. The molecule has 1 heteroatoms. The normalized spacial score (nSPS) is 11.5. The third-order valence-corrected chi connectivity index (χ3v) is 6.24. The summed E-state index contributed by atoms with van der Waals surface area (Å²) in [5.41, 5.74) is 12.3. The maximum atomic E-state index is 7.28. The fraction of sp³-hybridized carbons (Fsp3) is 0.0789. The monoisotopic (exact) mass is 509 g/mol. The van der Waals surface area contributed by atoms with Gasteiger partial charge in [-0.05, 0) is 76.9 Å². The highest BCUT2D eigenvalue weighted by atomic mass is 14.3. The molecule has 196 valence electrons. The molecule has 39 heavy (non-hydrogen) atoms. The molecule has 0 unspecified atom stereocenters. The van der Waals surface area contributed by atoms with Gasteiger partial charge in [0.15, 0.2) is 0 Å². The topological polar surface area (TPSA) is 23.9 Å². The third-order valence-electron chi connectivity index (χ3n) is 6.24. The largest absolute Gasteiger partial charge is 0.309 e. The number of rotatable bonds is 10. The van der Waals surface area contributed by atoms with Gasteiger partial charge in [-0.1, -0.05) is 147 Å². The molecule has 0 spiro atoms. The Hall–Kier alpha value is -4.75. The van der Waals surface area contributed by atoms with Gasteiger partial charge < -0.3 is 5.41 Å². The molecule has 1 nitrogen and oxygen atoms in total. The van der Waals surface area contributed by atoms with E-state index in [0.29, 0.717) is 0 Å². The first-order valence-corrected chi connectivity index (χ1v) is 12.9. The van der Waals surface area contributed by atoms with Crippen LogP contribution in [0.15, 0.2) is 136 Å². The molecule has 0 radical (unpaired) electrons. The lowest BCUT2D eigenvalue weighted by molar-refractivity contribution is 1.41. The van der Waals surface area contributed by atoms with Crippen molar-refractivity contribution in [3.63, 3.8) is 0 Å². The predicted molar refractivity (Wildman–Crippen MR) is 177 cm³/mol. The van der Waals surface area contributed by atoms with Crippen LogP contribution in [0.1, 0.15) is 52.8 Å². The predicted octanol–water partition coefficient (Wildman–Crippen LogP) is 10.8. The minimum atomic E-state index is 0.927. The first-order chi connectivity index (χ1) is 18.8. The van der Waals surface area contributed by atoms with Crippen molar-refractivity contribution in [2.24, 2.45) is 0 Å². The molecular formula is C38H39N. The quantitative estimate of drug-likeness (QED) is 0.208. The van der Waals surface area contributed by atoms with E-state index in [2.05, 4.69) is 94.4 Å². The molecule has 0 amide bonds. The molecule has 0 fully saturated rings. The van der Waals surface area contributed by atoms with E-state index in [1.165, 1.54) is 22.9 Å². The zero-order valence-electron chi connectivity index (χ0n) is 23.5. The van der Waals surface area contributed by atoms with Gasteiger partial charge >= 0.3 is 0 Å². The Kier molecular flexibility index (Phi) is 12.1. The average molecular weight is 510 g/mol. The third kappa shape index (κ3) is 8.38. The van der Waals surface area contributed by atoms with Crippen molar-refractivity contribution in [3.05, 3.63) is 175 Å². The van der Waals surface area contributed by atoms with E-state index < -0.39 is 0 Å². The van der Waals surface area contributed by atoms with Crippen LogP contribution < -0.4 is 0 Å². The fourth-order valence-corrected chi connectivity index (χ4v) is 4.17. The summed E-state index contributed by atoms with van der Waals surface area (Å²) in [6.45, 7) is 25.4. The minimum Gasteiger partial charge on any atom is -0.309 e. The lowest BCUT2D eigenvalue weighted by Gasteiger charge is -2.13. The van der Waals surface area contributed by atoms with Crippen LogP contribution in [0.5, 0.6) is 0 Å². The molecule has 0 saturated carbocycles. The number of allylic oxidation sites excluding steroid dienone is 8. The Labute approximate surface area is 235 Å². The molecule has 3 rings (SSSR count). The molecule has 0 aromatic heterocycles. The van der Waals surface area contributed by atoms with Gasteiger partial charge in [-0.2, -0.15) is 0 Å². The molecular weight excluding hydrogens is 470 g/mol. The van der Waals surface area contributed by atoms with Gasteiger partial charge in [0.05, 0.1) is 0 Å². The number of benzene rings is 3. The molecule has 1 N–H and O–H groups in total. The Morgan fingerprint density at radius 2 is 1.38 bits per heavy atom. The van der Waals surface area contributed by atoms with Crippen LogP contribution in [0.3, 0.4) is 0 Å². The second-order valence-electron chi connectivity index (χ2n) is 9.09. The van der Waals surface area contributed by atoms with Crippen LogP contribution in [-0.2, 0) is 0 Å². The van der Waals surface area contributed by atoms with Crippen molar-refractivity contribution in [1.82, 2.24) is 0 Å². The summed E-state index contributed by atoms with van der Waals surface area (Å²) in [5, 5.41) is 7.28. The second-order valence-corrected chi connectivity index (χ2v) is 9.09. The van der Waals surface area contributed by atoms with Gasteiger partial charge in [0.2, 0.25) is 0 Å². The fourth-order valence-electron chi connectivity index (χ4n) is 4.17. The molecule has 0 atom stereocenters. The summed E-state index contributed by atoms with van der Waals surface area (Å²) in [7, 11) is 0. The highest BCUT2D eigenvalue weighted by Gasteiger charge is 2.09. The smallest absolute Gasteiger partial charge is 0.0183 e. The molecule has 0 aliphatic rings. The SMILES string of the molecule is C=C/C=C(\c1ccc(/C(C=C)=C/C=N)cc1)c1ccccc1/C=C(\C)C=C.C=Cc1c(C)cccc1C(=C)C. The van der Waals surface area contributed by atoms with Crippen molar-refractivity contribution in [3.8, 4) is 0 Å². The van der Waals surface area contributed by atoms with Crippen molar-refractivity contribution < 1.29 is 0 Å². The van der Waals surface area contributed by atoms with E-state index in [1.807, 2.05) is 56.4 Å². The van der Waals surface area contributed by atoms with E-state index in [-0.39, 0.29) is 0 Å². The van der Waals surface area contributed by atoms with Gasteiger partial charge in [0.1, 0.15) is 0 Å². The van der Waals surface area contributed by atoms with Gasteiger partial charge in [0.25, 0.3) is 0 Å². The van der Waals surface area contributed by atoms with Crippen molar-refractivity contribution in [1.29, 1.82) is 5.41 Å². The highest BCUT2D eigenvalue weighted by Crippen LogP contribution is 2.29. The van der Waals surface area contributed by atoms with Gasteiger partial charge in [-0.25, -0.2) is 0 Å². The van der Waals surface area contributed by atoms with E-state index in [4.69, 9.17) is 5.41 Å². The number of nitrogens with one attached hydrogen (secondary N) is 1. The first kappa shape index (κ1) is 30.5. The zero-order chi connectivity index (χ0) is 28.8. The Morgan fingerprint density at radius 3 is 1.92 bits per heavy atom. The van der Waals surface area contributed by atoms with Crippen LogP contribution in [0.4, 0.5) is 0 Å². The molecule has 0 heterocycles. The van der Waals surface area contributed by atoms with Crippen LogP contribution >= 0.6 is 0 Å². The Bertz CT molecular complexity index is 1450. The van der Waals surface area contributed by atoms with Gasteiger partial charge in [-0.3, -0.25) is 0 Å². The second kappa shape index (κ2) is 15.5. The van der Waals surface area contributed by atoms with Crippen LogP contribution in [0, 0.1) is 12.3 Å². The van der Waals surface area contributed by atoms with E-state index in [0.717, 1.165) is 44.5 Å². The Balaban J connectivity index is 0.000000370. The summed E-state index contributed by atoms with van der Waals surface area (Å²) in [6.07, 6.45) is 14.5. The summed E-state index contributed by atoms with van der Waals surface area (Å²) in [6, 6.07) is 22.8. The van der Waals surface area contributed by atoms with Crippen LogP contribution in [-0.4, -0.2) is 6.21 Å².